The second kappa shape index (κ2) is 5.79. The molecule has 1 aromatic carbocycles. The lowest BCUT2D eigenvalue weighted by atomic mass is 9.76. The zero-order valence-corrected chi connectivity index (χ0v) is 11.0. The van der Waals surface area contributed by atoms with E-state index in [1.165, 1.54) is 12.5 Å². The molecule has 1 N–H and O–H groups in total. The summed E-state index contributed by atoms with van der Waals surface area (Å²) in [7, 11) is 1.97. The maximum atomic E-state index is 13.7. The van der Waals surface area contributed by atoms with Gasteiger partial charge >= 0.3 is 0 Å². The summed E-state index contributed by atoms with van der Waals surface area (Å²) < 4.78 is 26.6. The molecule has 100 valence electrons. The third kappa shape index (κ3) is 3.08. The fourth-order valence-corrected chi connectivity index (χ4v) is 3.07. The van der Waals surface area contributed by atoms with E-state index >= 15 is 0 Å². The largest absolute Gasteiger partial charge is 0.317 e. The molecule has 1 aliphatic rings. The molecule has 0 bridgehead atoms. The summed E-state index contributed by atoms with van der Waals surface area (Å²) >= 11 is 0. The lowest BCUT2D eigenvalue weighted by Crippen LogP contribution is -2.39. The molecular formula is C15H21F2N. The molecule has 0 radical (unpaired) electrons. The molecular weight excluding hydrogens is 232 g/mol. The Morgan fingerprint density at radius 3 is 2.72 bits per heavy atom. The molecule has 1 nitrogen and oxygen atoms in total. The van der Waals surface area contributed by atoms with Crippen LogP contribution in [-0.4, -0.2) is 13.1 Å². The van der Waals surface area contributed by atoms with Gasteiger partial charge in [-0.1, -0.05) is 13.0 Å². The summed E-state index contributed by atoms with van der Waals surface area (Å²) in [5.41, 5.74) is 0.635. The van der Waals surface area contributed by atoms with Gasteiger partial charge in [0.05, 0.1) is 0 Å². The second-order valence-electron chi connectivity index (χ2n) is 5.51. The van der Waals surface area contributed by atoms with Crippen LogP contribution in [0, 0.1) is 23.5 Å². The Morgan fingerprint density at radius 1 is 1.28 bits per heavy atom. The Kier molecular flexibility index (Phi) is 4.33. The van der Waals surface area contributed by atoms with Gasteiger partial charge in [-0.05, 0) is 56.2 Å². The van der Waals surface area contributed by atoms with Crippen LogP contribution >= 0.6 is 0 Å². The average Bonchev–Trinajstić information content (AvgIpc) is 2.33. The van der Waals surface area contributed by atoms with E-state index in [4.69, 9.17) is 0 Å². The van der Waals surface area contributed by atoms with Gasteiger partial charge in [0.15, 0.2) is 0 Å². The Labute approximate surface area is 108 Å². The zero-order valence-electron chi connectivity index (χ0n) is 11.0. The predicted molar refractivity (Wildman–Crippen MR) is 69.4 cm³/mol. The standard InChI is InChI=1S/C15H21F2N/c1-10-3-6-15(18-2)12(7-10)8-11-4-5-13(16)9-14(11)17/h4-5,9-10,12,15,18H,3,6-8H2,1-2H3. The highest BCUT2D eigenvalue weighted by molar-refractivity contribution is 5.19. The predicted octanol–water partition coefficient (Wildman–Crippen LogP) is 3.53. The molecule has 1 fully saturated rings. The number of benzene rings is 1. The van der Waals surface area contributed by atoms with Crippen LogP contribution in [0.3, 0.4) is 0 Å². The molecule has 3 atom stereocenters. The van der Waals surface area contributed by atoms with Gasteiger partial charge in [-0.15, -0.1) is 0 Å². The Balaban J connectivity index is 2.10. The Hall–Kier alpha value is -0.960. The van der Waals surface area contributed by atoms with Crippen LogP contribution in [0.1, 0.15) is 31.7 Å². The molecule has 18 heavy (non-hydrogen) atoms. The number of hydrogen-bond donors (Lipinski definition) is 1. The first-order valence-electron chi connectivity index (χ1n) is 6.71. The lowest BCUT2D eigenvalue weighted by molar-refractivity contribution is 0.219. The van der Waals surface area contributed by atoms with E-state index in [1.807, 2.05) is 7.05 Å². The molecule has 0 saturated heterocycles. The zero-order chi connectivity index (χ0) is 13.1. The second-order valence-corrected chi connectivity index (χ2v) is 5.51. The maximum absolute atomic E-state index is 13.7. The molecule has 3 unspecified atom stereocenters. The van der Waals surface area contributed by atoms with Gasteiger partial charge in [0.1, 0.15) is 11.6 Å². The Morgan fingerprint density at radius 2 is 2.06 bits per heavy atom. The van der Waals surface area contributed by atoms with Crippen molar-refractivity contribution >= 4 is 0 Å². The highest BCUT2D eigenvalue weighted by Gasteiger charge is 2.28. The molecule has 0 spiro atoms. The van der Waals surface area contributed by atoms with Crippen LogP contribution in [0.25, 0.3) is 0 Å². The summed E-state index contributed by atoms with van der Waals surface area (Å²) in [4.78, 5) is 0. The van der Waals surface area contributed by atoms with Gasteiger partial charge in [0.25, 0.3) is 0 Å². The fraction of sp³-hybridized carbons (Fsp3) is 0.600. The highest BCUT2D eigenvalue weighted by atomic mass is 19.1. The van der Waals surface area contributed by atoms with Crippen LogP contribution < -0.4 is 5.32 Å². The molecule has 1 aliphatic carbocycles. The summed E-state index contributed by atoms with van der Waals surface area (Å²) in [5.74, 6) is 0.225. The van der Waals surface area contributed by atoms with Crippen molar-refractivity contribution in [3.05, 3.63) is 35.4 Å². The third-order valence-corrected chi connectivity index (χ3v) is 4.11. The summed E-state index contributed by atoms with van der Waals surface area (Å²) in [6, 6.07) is 4.36. The van der Waals surface area contributed by atoms with Crippen molar-refractivity contribution in [2.45, 2.75) is 38.6 Å². The Bertz CT molecular complexity index is 405. The first-order chi connectivity index (χ1) is 8.60. The van der Waals surface area contributed by atoms with E-state index in [-0.39, 0.29) is 0 Å². The van der Waals surface area contributed by atoms with Crippen molar-refractivity contribution in [2.75, 3.05) is 7.05 Å². The monoisotopic (exact) mass is 253 g/mol. The molecule has 0 heterocycles. The molecule has 0 amide bonds. The molecule has 1 saturated carbocycles. The molecule has 1 aromatic rings. The molecule has 0 aromatic heterocycles. The van der Waals surface area contributed by atoms with Crippen LogP contribution in [-0.2, 0) is 6.42 Å². The number of halogens is 2. The van der Waals surface area contributed by atoms with Gasteiger partial charge in [-0.25, -0.2) is 8.78 Å². The minimum Gasteiger partial charge on any atom is -0.317 e. The molecule has 2 rings (SSSR count). The smallest absolute Gasteiger partial charge is 0.129 e. The summed E-state index contributed by atoms with van der Waals surface area (Å²) in [6.45, 7) is 2.25. The van der Waals surface area contributed by atoms with Gasteiger partial charge in [0.2, 0.25) is 0 Å². The minimum atomic E-state index is -0.501. The van der Waals surface area contributed by atoms with Gasteiger partial charge in [-0.2, -0.15) is 0 Å². The lowest BCUT2D eigenvalue weighted by Gasteiger charge is -2.35. The summed E-state index contributed by atoms with van der Waals surface area (Å²) in [5, 5.41) is 3.33. The quantitative estimate of drug-likeness (QED) is 0.869. The van der Waals surface area contributed by atoms with Crippen LogP contribution in [0.15, 0.2) is 18.2 Å². The van der Waals surface area contributed by atoms with Crippen LogP contribution in [0.5, 0.6) is 0 Å². The van der Waals surface area contributed by atoms with Gasteiger partial charge in [-0.3, -0.25) is 0 Å². The SMILES string of the molecule is CNC1CCC(C)CC1Cc1ccc(F)cc1F. The fourth-order valence-electron chi connectivity index (χ4n) is 3.07. The minimum absolute atomic E-state index is 0.414. The van der Waals surface area contributed by atoms with Gasteiger partial charge in [0, 0.05) is 12.1 Å². The van der Waals surface area contributed by atoms with Gasteiger partial charge < -0.3 is 5.32 Å². The van der Waals surface area contributed by atoms with E-state index < -0.39 is 11.6 Å². The van der Waals surface area contributed by atoms with E-state index in [0.29, 0.717) is 29.9 Å². The van der Waals surface area contributed by atoms with E-state index in [0.717, 1.165) is 18.9 Å². The van der Waals surface area contributed by atoms with Crippen molar-refractivity contribution < 1.29 is 8.78 Å². The van der Waals surface area contributed by atoms with E-state index in [1.54, 1.807) is 6.07 Å². The summed E-state index contributed by atoms with van der Waals surface area (Å²) in [6.07, 6.45) is 4.18. The van der Waals surface area contributed by atoms with Crippen molar-refractivity contribution in [1.29, 1.82) is 0 Å². The topological polar surface area (TPSA) is 12.0 Å². The van der Waals surface area contributed by atoms with Crippen molar-refractivity contribution in [1.82, 2.24) is 5.32 Å². The number of rotatable bonds is 3. The first kappa shape index (κ1) is 13.5. The normalized spacial score (nSPS) is 28.3. The van der Waals surface area contributed by atoms with Crippen molar-refractivity contribution in [2.24, 2.45) is 11.8 Å². The number of nitrogens with one attached hydrogen (secondary N) is 1. The van der Waals surface area contributed by atoms with Crippen molar-refractivity contribution in [3.63, 3.8) is 0 Å². The highest BCUT2D eigenvalue weighted by Crippen LogP contribution is 2.31. The van der Waals surface area contributed by atoms with E-state index in [9.17, 15) is 8.78 Å². The first-order valence-corrected chi connectivity index (χ1v) is 6.71. The molecule has 3 heteroatoms. The van der Waals surface area contributed by atoms with Crippen molar-refractivity contribution in [3.8, 4) is 0 Å². The van der Waals surface area contributed by atoms with Crippen LogP contribution in [0.4, 0.5) is 8.78 Å². The number of hydrogen-bond acceptors (Lipinski definition) is 1. The molecule has 0 aliphatic heterocycles. The third-order valence-electron chi connectivity index (χ3n) is 4.11. The maximum Gasteiger partial charge on any atom is 0.129 e. The van der Waals surface area contributed by atoms with E-state index in [2.05, 4.69) is 12.2 Å². The van der Waals surface area contributed by atoms with Crippen LogP contribution in [0.2, 0.25) is 0 Å². The average molecular weight is 253 g/mol.